The molecular formula is C21H32N10O3. The Morgan fingerprint density at radius 1 is 1.03 bits per heavy atom. The molecule has 0 saturated carbocycles. The molecule has 34 heavy (non-hydrogen) atoms. The van der Waals surface area contributed by atoms with Crippen molar-refractivity contribution < 1.29 is 14.2 Å². The number of aryl methyl sites for hydroxylation is 1. The van der Waals surface area contributed by atoms with Crippen LogP contribution in [0, 0.1) is 0 Å². The van der Waals surface area contributed by atoms with E-state index in [9.17, 15) is 0 Å². The minimum absolute atomic E-state index is 0.113. The molecule has 3 rings (SSSR count). The first-order valence-corrected chi connectivity index (χ1v) is 10.9. The van der Waals surface area contributed by atoms with Gasteiger partial charge in [0.2, 0.25) is 0 Å². The second-order valence-electron chi connectivity index (χ2n) is 7.80. The summed E-state index contributed by atoms with van der Waals surface area (Å²) in [5.41, 5.74) is 10.9. The van der Waals surface area contributed by atoms with Gasteiger partial charge in [-0.15, -0.1) is 10.2 Å². The van der Waals surface area contributed by atoms with Gasteiger partial charge in [0, 0.05) is 44.0 Å². The molecule has 0 aliphatic rings. The van der Waals surface area contributed by atoms with Crippen LogP contribution in [-0.4, -0.2) is 54.3 Å². The van der Waals surface area contributed by atoms with E-state index in [4.69, 9.17) is 25.8 Å². The highest BCUT2D eigenvalue weighted by Gasteiger charge is 2.09. The van der Waals surface area contributed by atoms with E-state index in [0.29, 0.717) is 34.3 Å². The highest BCUT2D eigenvalue weighted by atomic mass is 16.5. The van der Waals surface area contributed by atoms with Crippen molar-refractivity contribution >= 4 is 0 Å². The molecular weight excluding hydrogens is 440 g/mol. The Kier molecular flexibility index (Phi) is 8.51. The van der Waals surface area contributed by atoms with Gasteiger partial charge >= 0.3 is 0 Å². The van der Waals surface area contributed by atoms with Crippen molar-refractivity contribution in [1.29, 1.82) is 0 Å². The van der Waals surface area contributed by atoms with Crippen LogP contribution in [0.4, 0.5) is 0 Å². The first-order valence-electron chi connectivity index (χ1n) is 10.9. The summed E-state index contributed by atoms with van der Waals surface area (Å²) in [7, 11) is 1.79. The van der Waals surface area contributed by atoms with Crippen LogP contribution in [0.1, 0.15) is 32.2 Å². The Labute approximate surface area is 198 Å². The fourth-order valence-corrected chi connectivity index (χ4v) is 2.72. The lowest BCUT2D eigenvalue weighted by Gasteiger charge is -2.19. The van der Waals surface area contributed by atoms with Crippen LogP contribution in [0.15, 0.2) is 42.5 Å². The standard InChI is InChI=1S/C21H32N10O3/c1-5-24-31-11-18(26-28-31)14-34-21-7-19(32-12-16(22)9-30(23)15(2)3)6-20(8-21)33-13-17-10-29(4)27-25-17/h6-11,15,24H,5,12-14,22-23H2,1-4H3/b16-9-. The first-order chi connectivity index (χ1) is 16.3. The normalized spacial score (nSPS) is 11.5. The average Bonchev–Trinajstić information content (AvgIpc) is 3.43. The summed E-state index contributed by atoms with van der Waals surface area (Å²) in [6, 6.07) is 5.37. The molecule has 184 valence electrons. The number of hydrazine groups is 1. The second kappa shape index (κ2) is 11.7. The summed E-state index contributed by atoms with van der Waals surface area (Å²) in [6.45, 7) is 7.23. The molecule has 2 heterocycles. The lowest BCUT2D eigenvalue weighted by atomic mass is 10.3. The number of benzene rings is 1. The quantitative estimate of drug-likeness (QED) is 0.240. The van der Waals surface area contributed by atoms with Crippen LogP contribution in [-0.2, 0) is 20.3 Å². The molecule has 0 unspecified atom stereocenters. The molecule has 13 heteroatoms. The van der Waals surface area contributed by atoms with E-state index in [1.165, 1.54) is 5.01 Å². The zero-order valence-corrected chi connectivity index (χ0v) is 19.9. The van der Waals surface area contributed by atoms with Gasteiger partial charge < -0.3 is 30.4 Å². The lowest BCUT2D eigenvalue weighted by molar-refractivity contribution is 0.277. The number of rotatable bonds is 13. The molecule has 0 aliphatic carbocycles. The third kappa shape index (κ3) is 7.55. The van der Waals surface area contributed by atoms with Gasteiger partial charge in [-0.2, -0.15) is 4.79 Å². The Bertz CT molecular complexity index is 1080. The van der Waals surface area contributed by atoms with E-state index < -0.39 is 0 Å². The minimum atomic E-state index is 0.113. The SMILES string of the molecule is CCNn1cc(COc2cc(OC/C(N)=C/N(N)C(C)C)cc(OCc3cn(C)nn3)c2)nn1. The Balaban J connectivity index is 1.70. The van der Waals surface area contributed by atoms with Crippen molar-refractivity contribution in [2.75, 3.05) is 18.6 Å². The highest BCUT2D eigenvalue weighted by Crippen LogP contribution is 2.29. The van der Waals surface area contributed by atoms with Crippen LogP contribution in [0.5, 0.6) is 17.2 Å². The third-order valence-electron chi connectivity index (χ3n) is 4.45. The molecule has 0 bridgehead atoms. The molecule has 1 aromatic carbocycles. The number of nitrogens with two attached hydrogens (primary N) is 2. The zero-order valence-electron chi connectivity index (χ0n) is 19.9. The molecule has 2 aromatic heterocycles. The molecule has 0 spiro atoms. The second-order valence-corrected chi connectivity index (χ2v) is 7.80. The molecule has 0 aliphatic heterocycles. The molecule has 0 amide bonds. The Morgan fingerprint density at radius 2 is 1.62 bits per heavy atom. The molecule has 13 nitrogen and oxygen atoms in total. The number of hydrogen-bond acceptors (Lipinski definition) is 11. The summed E-state index contributed by atoms with van der Waals surface area (Å²) < 4.78 is 19.3. The van der Waals surface area contributed by atoms with E-state index in [-0.39, 0.29) is 25.9 Å². The van der Waals surface area contributed by atoms with Crippen molar-refractivity contribution in [2.45, 2.75) is 40.0 Å². The van der Waals surface area contributed by atoms with Gasteiger partial charge in [0.1, 0.15) is 48.5 Å². The van der Waals surface area contributed by atoms with Gasteiger partial charge in [-0.05, 0) is 26.0 Å². The van der Waals surface area contributed by atoms with Crippen molar-refractivity contribution in [3.05, 3.63) is 53.9 Å². The molecule has 5 N–H and O–H groups in total. The average molecular weight is 473 g/mol. The summed E-state index contributed by atoms with van der Waals surface area (Å²) in [5, 5.41) is 17.5. The van der Waals surface area contributed by atoms with Gasteiger partial charge in [0.25, 0.3) is 0 Å². The van der Waals surface area contributed by atoms with Crippen molar-refractivity contribution in [3.8, 4) is 17.2 Å². The molecule has 0 saturated heterocycles. The van der Waals surface area contributed by atoms with Gasteiger partial charge in [-0.1, -0.05) is 5.21 Å². The third-order valence-corrected chi connectivity index (χ3v) is 4.45. The van der Waals surface area contributed by atoms with Crippen LogP contribution >= 0.6 is 0 Å². The van der Waals surface area contributed by atoms with Crippen molar-refractivity contribution in [3.63, 3.8) is 0 Å². The molecule has 3 aromatic rings. The number of aromatic nitrogens is 6. The van der Waals surface area contributed by atoms with E-state index >= 15 is 0 Å². The Morgan fingerprint density at radius 3 is 2.18 bits per heavy atom. The van der Waals surface area contributed by atoms with Gasteiger partial charge in [0.15, 0.2) is 0 Å². The summed E-state index contributed by atoms with van der Waals surface area (Å²) >= 11 is 0. The van der Waals surface area contributed by atoms with Crippen LogP contribution < -0.4 is 31.2 Å². The largest absolute Gasteiger partial charge is 0.487 e. The summed E-state index contributed by atoms with van der Waals surface area (Å²) in [5.74, 6) is 7.50. The summed E-state index contributed by atoms with van der Waals surface area (Å²) in [6.07, 6.45) is 5.18. The van der Waals surface area contributed by atoms with Gasteiger partial charge in [0.05, 0.1) is 18.1 Å². The van der Waals surface area contributed by atoms with E-state index in [2.05, 4.69) is 26.0 Å². The predicted octanol–water partition coefficient (Wildman–Crippen LogP) is 0.891. The van der Waals surface area contributed by atoms with Crippen LogP contribution in [0.25, 0.3) is 0 Å². The van der Waals surface area contributed by atoms with Crippen molar-refractivity contribution in [1.82, 2.24) is 35.1 Å². The fraction of sp³-hybridized carbons (Fsp3) is 0.429. The molecule has 0 fully saturated rings. The van der Waals surface area contributed by atoms with Gasteiger partial charge in [-0.25, -0.2) is 5.84 Å². The number of ether oxygens (including phenoxy) is 3. The minimum Gasteiger partial charge on any atom is -0.487 e. The van der Waals surface area contributed by atoms with E-state index in [1.807, 2.05) is 20.8 Å². The maximum atomic E-state index is 6.05. The fourth-order valence-electron chi connectivity index (χ4n) is 2.72. The molecule has 0 radical (unpaired) electrons. The number of hydrogen-bond donors (Lipinski definition) is 3. The van der Waals surface area contributed by atoms with Crippen LogP contribution in [0.2, 0.25) is 0 Å². The maximum absolute atomic E-state index is 6.05. The van der Waals surface area contributed by atoms with E-state index in [1.54, 1.807) is 53.3 Å². The highest BCUT2D eigenvalue weighted by molar-refractivity contribution is 5.42. The topological polar surface area (TPSA) is 156 Å². The van der Waals surface area contributed by atoms with Gasteiger partial charge in [-0.3, -0.25) is 4.68 Å². The predicted molar refractivity (Wildman–Crippen MR) is 125 cm³/mol. The maximum Gasteiger partial charge on any atom is 0.134 e. The zero-order chi connectivity index (χ0) is 24.5. The smallest absolute Gasteiger partial charge is 0.134 e. The number of nitrogens with zero attached hydrogens (tertiary/aromatic N) is 7. The summed E-state index contributed by atoms with van der Waals surface area (Å²) in [4.78, 5) is 1.54. The van der Waals surface area contributed by atoms with Crippen LogP contribution in [0.3, 0.4) is 0 Å². The first kappa shape index (κ1) is 24.6. The van der Waals surface area contributed by atoms with Crippen molar-refractivity contribution in [2.24, 2.45) is 18.6 Å². The lowest BCUT2D eigenvalue weighted by Crippen LogP contribution is -2.33. The Hall–Kier alpha value is -4.00. The van der Waals surface area contributed by atoms with E-state index in [0.717, 1.165) is 6.54 Å². The number of nitrogens with one attached hydrogen (secondary N) is 1. The monoisotopic (exact) mass is 472 g/mol. The molecule has 0 atom stereocenters.